The Morgan fingerprint density at radius 1 is 1.28 bits per heavy atom. The van der Waals surface area contributed by atoms with Crippen LogP contribution < -0.4 is 0 Å². The van der Waals surface area contributed by atoms with Crippen molar-refractivity contribution in [1.82, 2.24) is 4.98 Å². The van der Waals surface area contributed by atoms with Gasteiger partial charge in [-0.1, -0.05) is 6.07 Å². The molecule has 132 valence electrons. The van der Waals surface area contributed by atoms with Crippen LogP contribution in [0.15, 0.2) is 22.9 Å². The summed E-state index contributed by atoms with van der Waals surface area (Å²) in [5, 5.41) is 15.8. The molecule has 2 aromatic heterocycles. The van der Waals surface area contributed by atoms with Crippen LogP contribution in [0.5, 0.6) is 0 Å². The second-order valence-electron chi connectivity index (χ2n) is 8.16. The number of carbonyl (C=O) groups excluding carboxylic acids is 1. The number of aliphatic hydroxyl groups is 1. The summed E-state index contributed by atoms with van der Waals surface area (Å²) in [6.45, 7) is 0.232. The molecular formula is C19H21NO3S2. The van der Waals surface area contributed by atoms with Crippen molar-refractivity contribution in [3.63, 3.8) is 0 Å². The van der Waals surface area contributed by atoms with Crippen molar-refractivity contribution in [1.29, 1.82) is 0 Å². The lowest BCUT2D eigenvalue weighted by Gasteiger charge is -2.58. The molecule has 4 fully saturated rings. The number of nitrogens with zero attached hydrogens (tertiary/aromatic N) is 1. The van der Waals surface area contributed by atoms with Gasteiger partial charge in [-0.15, -0.1) is 22.7 Å². The van der Waals surface area contributed by atoms with E-state index in [4.69, 9.17) is 4.74 Å². The maximum absolute atomic E-state index is 12.9. The molecule has 2 aromatic rings. The highest BCUT2D eigenvalue weighted by atomic mass is 32.1. The Hall–Kier alpha value is -1.24. The molecule has 2 heterocycles. The number of carbonyl (C=O) groups is 1. The van der Waals surface area contributed by atoms with Gasteiger partial charge in [-0.05, 0) is 61.8 Å². The van der Waals surface area contributed by atoms with Gasteiger partial charge in [0.15, 0.2) is 0 Å². The molecule has 0 saturated heterocycles. The van der Waals surface area contributed by atoms with E-state index in [1.807, 2.05) is 16.8 Å². The highest BCUT2D eigenvalue weighted by Gasteiger charge is 2.60. The van der Waals surface area contributed by atoms with Crippen molar-refractivity contribution >= 4 is 28.6 Å². The normalized spacial score (nSPS) is 35.9. The molecule has 1 N–H and O–H groups in total. The highest BCUT2D eigenvalue weighted by Crippen LogP contribution is 2.62. The molecule has 25 heavy (non-hydrogen) atoms. The van der Waals surface area contributed by atoms with Gasteiger partial charge in [0, 0.05) is 5.38 Å². The fourth-order valence-electron chi connectivity index (χ4n) is 5.63. The van der Waals surface area contributed by atoms with Gasteiger partial charge in [0.2, 0.25) is 0 Å². The van der Waals surface area contributed by atoms with Crippen LogP contribution in [0.3, 0.4) is 0 Å². The van der Waals surface area contributed by atoms with E-state index in [0.717, 1.165) is 41.3 Å². The van der Waals surface area contributed by atoms with Gasteiger partial charge in [0.25, 0.3) is 0 Å². The zero-order valence-corrected chi connectivity index (χ0v) is 15.6. The molecule has 6 rings (SSSR count). The van der Waals surface area contributed by atoms with Crippen LogP contribution in [0, 0.1) is 17.3 Å². The van der Waals surface area contributed by atoms with E-state index in [0.29, 0.717) is 18.3 Å². The molecule has 4 saturated carbocycles. The summed E-state index contributed by atoms with van der Waals surface area (Å²) in [6, 6.07) is 4.06. The third-order valence-corrected chi connectivity index (χ3v) is 8.03. The minimum Gasteiger partial charge on any atom is -0.459 e. The fraction of sp³-hybridized carbons (Fsp3) is 0.579. The Morgan fingerprint density at radius 2 is 2.08 bits per heavy atom. The van der Waals surface area contributed by atoms with Crippen LogP contribution in [0.1, 0.15) is 44.2 Å². The molecule has 4 aliphatic rings. The molecule has 0 unspecified atom stereocenters. The fourth-order valence-corrected chi connectivity index (χ4v) is 7.25. The first-order chi connectivity index (χ1) is 12.0. The maximum Gasteiger partial charge on any atom is 0.312 e. The minimum absolute atomic E-state index is 0.120. The number of thiazole rings is 1. The average Bonchev–Trinajstić information content (AvgIpc) is 3.21. The molecule has 0 aliphatic heterocycles. The van der Waals surface area contributed by atoms with Gasteiger partial charge in [0.1, 0.15) is 11.6 Å². The van der Waals surface area contributed by atoms with E-state index in [2.05, 4.69) is 11.1 Å². The zero-order chi connectivity index (χ0) is 17.1. The summed E-state index contributed by atoms with van der Waals surface area (Å²) in [4.78, 5) is 18.6. The Balaban J connectivity index is 1.28. The second kappa shape index (κ2) is 5.63. The lowest BCUT2D eigenvalue weighted by atomic mass is 9.48. The van der Waals surface area contributed by atoms with Crippen molar-refractivity contribution in [3.8, 4) is 9.88 Å². The number of aromatic nitrogens is 1. The number of hydrogen-bond donors (Lipinski definition) is 1. The number of esters is 1. The van der Waals surface area contributed by atoms with Crippen molar-refractivity contribution in [2.75, 3.05) is 0 Å². The molecule has 2 atom stereocenters. The van der Waals surface area contributed by atoms with E-state index in [1.54, 1.807) is 22.7 Å². The van der Waals surface area contributed by atoms with Crippen molar-refractivity contribution < 1.29 is 14.6 Å². The van der Waals surface area contributed by atoms with Crippen molar-refractivity contribution in [2.24, 2.45) is 17.3 Å². The predicted molar refractivity (Wildman–Crippen MR) is 97.3 cm³/mol. The molecular weight excluding hydrogens is 354 g/mol. The molecule has 4 nitrogen and oxygen atoms in total. The zero-order valence-electron chi connectivity index (χ0n) is 13.9. The van der Waals surface area contributed by atoms with Gasteiger partial charge in [-0.3, -0.25) is 4.79 Å². The number of thiophene rings is 1. The Kier molecular flexibility index (Phi) is 3.60. The van der Waals surface area contributed by atoms with Crippen LogP contribution in [0.2, 0.25) is 0 Å². The SMILES string of the molecule is O=C(OCc1csc(-c2cccs2)n1)C12C[C@H]3C[C@@H](CC(O)(C3)C1)C2. The summed E-state index contributed by atoms with van der Waals surface area (Å²) in [5.74, 6) is 0.859. The first-order valence-corrected chi connectivity index (χ1v) is 10.7. The monoisotopic (exact) mass is 375 g/mol. The third kappa shape index (κ3) is 2.75. The molecule has 4 bridgehead atoms. The van der Waals surface area contributed by atoms with Crippen LogP contribution in [-0.4, -0.2) is 21.7 Å². The molecule has 6 heteroatoms. The van der Waals surface area contributed by atoms with Gasteiger partial charge >= 0.3 is 5.97 Å². The smallest absolute Gasteiger partial charge is 0.312 e. The summed E-state index contributed by atoms with van der Waals surface area (Å²) in [7, 11) is 0. The Morgan fingerprint density at radius 3 is 2.76 bits per heavy atom. The summed E-state index contributed by atoms with van der Waals surface area (Å²) in [6.07, 6.45) is 5.28. The summed E-state index contributed by atoms with van der Waals surface area (Å²) < 4.78 is 5.69. The van der Waals surface area contributed by atoms with Gasteiger partial charge < -0.3 is 9.84 Å². The Labute approximate surface area is 154 Å². The first kappa shape index (κ1) is 16.0. The second-order valence-corrected chi connectivity index (χ2v) is 9.97. The minimum atomic E-state index is -0.629. The van der Waals surface area contributed by atoms with Crippen LogP contribution in [0.4, 0.5) is 0 Å². The average molecular weight is 376 g/mol. The number of ether oxygens (including phenoxy) is 1. The van der Waals surface area contributed by atoms with Gasteiger partial charge in [-0.2, -0.15) is 0 Å². The van der Waals surface area contributed by atoms with E-state index >= 15 is 0 Å². The largest absolute Gasteiger partial charge is 0.459 e. The van der Waals surface area contributed by atoms with Crippen molar-refractivity contribution in [2.45, 2.75) is 50.7 Å². The van der Waals surface area contributed by atoms with Crippen LogP contribution in [-0.2, 0) is 16.1 Å². The van der Waals surface area contributed by atoms with Gasteiger partial charge in [-0.25, -0.2) is 4.98 Å². The van der Waals surface area contributed by atoms with E-state index in [1.165, 1.54) is 6.42 Å². The lowest BCUT2D eigenvalue weighted by molar-refractivity contribution is -0.197. The molecule has 0 aromatic carbocycles. The van der Waals surface area contributed by atoms with Crippen molar-refractivity contribution in [3.05, 3.63) is 28.6 Å². The topological polar surface area (TPSA) is 59.4 Å². The van der Waals surface area contributed by atoms with Gasteiger partial charge in [0.05, 0.1) is 21.6 Å². The number of rotatable bonds is 4. The lowest BCUT2D eigenvalue weighted by Crippen LogP contribution is -2.58. The highest BCUT2D eigenvalue weighted by molar-refractivity contribution is 7.20. The third-order valence-electron chi connectivity index (χ3n) is 6.10. The summed E-state index contributed by atoms with van der Waals surface area (Å²) >= 11 is 3.25. The van der Waals surface area contributed by atoms with Crippen LogP contribution in [0.25, 0.3) is 9.88 Å². The molecule has 0 spiro atoms. The van der Waals surface area contributed by atoms with Crippen LogP contribution >= 0.6 is 22.7 Å². The standard InChI is InChI=1S/C19H21NO3S2/c21-17(18-5-12-4-13(6-18)8-19(22,7-12)11-18)23-9-14-10-25-16(20-14)15-2-1-3-24-15/h1-3,10,12-13,22H,4-9,11H2/t12-,13-,18?,19?/m1/s1. The quantitative estimate of drug-likeness (QED) is 0.812. The first-order valence-electron chi connectivity index (χ1n) is 8.92. The molecule has 0 amide bonds. The molecule has 0 radical (unpaired) electrons. The molecule has 4 aliphatic carbocycles. The van der Waals surface area contributed by atoms with E-state index < -0.39 is 11.0 Å². The predicted octanol–water partition coefficient (Wildman–Crippen LogP) is 4.25. The maximum atomic E-state index is 12.9. The summed E-state index contributed by atoms with van der Waals surface area (Å²) in [5.41, 5.74) is -0.271. The number of hydrogen-bond acceptors (Lipinski definition) is 6. The van der Waals surface area contributed by atoms with E-state index in [-0.39, 0.29) is 12.6 Å². The van der Waals surface area contributed by atoms with E-state index in [9.17, 15) is 9.90 Å². The Bertz CT molecular complexity index is 783.